The molecule has 112 valence electrons. The van der Waals surface area contributed by atoms with Crippen molar-refractivity contribution in [1.29, 1.82) is 0 Å². The lowest BCUT2D eigenvalue weighted by atomic mass is 10.1. The fourth-order valence-corrected chi connectivity index (χ4v) is 2.32. The Balaban J connectivity index is 2.80. The van der Waals surface area contributed by atoms with Crippen LogP contribution in [0.2, 0.25) is 0 Å². The predicted molar refractivity (Wildman–Crippen MR) is 84.9 cm³/mol. The molecule has 0 spiro atoms. The van der Waals surface area contributed by atoms with Gasteiger partial charge in [0, 0.05) is 18.2 Å². The van der Waals surface area contributed by atoms with E-state index in [-0.39, 0.29) is 11.9 Å². The van der Waals surface area contributed by atoms with E-state index >= 15 is 0 Å². The van der Waals surface area contributed by atoms with Crippen molar-refractivity contribution in [2.45, 2.75) is 52.5 Å². The van der Waals surface area contributed by atoms with E-state index in [1.807, 2.05) is 29.2 Å². The Morgan fingerprint density at radius 3 is 2.65 bits per heavy atom. The summed E-state index contributed by atoms with van der Waals surface area (Å²) in [7, 11) is 0. The summed E-state index contributed by atoms with van der Waals surface area (Å²) in [4.78, 5) is 14.6. The zero-order valence-corrected chi connectivity index (χ0v) is 13.1. The molecule has 0 saturated carbocycles. The summed E-state index contributed by atoms with van der Waals surface area (Å²) in [5, 5.41) is 0. The first kappa shape index (κ1) is 16.7. The van der Waals surface area contributed by atoms with Gasteiger partial charge in [0.05, 0.1) is 0 Å². The molecule has 1 amide bonds. The molecule has 3 heteroatoms. The Bertz CT molecular complexity index is 415. The molecule has 1 rings (SSSR count). The minimum Gasteiger partial charge on any atom is -0.336 e. The highest BCUT2D eigenvalue weighted by atomic mass is 16.2. The van der Waals surface area contributed by atoms with E-state index in [0.29, 0.717) is 6.54 Å². The van der Waals surface area contributed by atoms with Gasteiger partial charge in [0.15, 0.2) is 0 Å². The number of amides is 1. The molecule has 0 aliphatic carbocycles. The quantitative estimate of drug-likeness (QED) is 0.741. The van der Waals surface area contributed by atoms with Crippen LogP contribution in [0.25, 0.3) is 0 Å². The number of benzene rings is 1. The molecule has 0 atom stereocenters. The van der Waals surface area contributed by atoms with Crippen LogP contribution in [0.5, 0.6) is 0 Å². The largest absolute Gasteiger partial charge is 0.336 e. The van der Waals surface area contributed by atoms with Crippen molar-refractivity contribution in [3.63, 3.8) is 0 Å². The zero-order valence-electron chi connectivity index (χ0n) is 13.1. The number of hydrogen-bond donors (Lipinski definition) is 1. The van der Waals surface area contributed by atoms with Crippen LogP contribution in [0.3, 0.4) is 0 Å². The molecule has 2 N–H and O–H groups in total. The second-order valence-electron chi connectivity index (χ2n) is 5.54. The smallest absolute Gasteiger partial charge is 0.254 e. The lowest BCUT2D eigenvalue weighted by Gasteiger charge is -2.27. The van der Waals surface area contributed by atoms with Gasteiger partial charge in [0.1, 0.15) is 0 Å². The summed E-state index contributed by atoms with van der Waals surface area (Å²) in [6.45, 7) is 7.78. The van der Waals surface area contributed by atoms with Crippen molar-refractivity contribution in [2.75, 3.05) is 13.1 Å². The standard InChI is InChI=1S/C17H28N2O/c1-4-5-6-12-19(14(2)3)17(20)16-9-7-8-15(13-16)10-11-18/h7-9,13-14H,4-6,10-12,18H2,1-3H3. The van der Waals surface area contributed by atoms with Crippen LogP contribution in [0.4, 0.5) is 0 Å². The van der Waals surface area contributed by atoms with Crippen LogP contribution in [-0.2, 0) is 6.42 Å². The number of rotatable bonds is 8. The van der Waals surface area contributed by atoms with Gasteiger partial charge in [-0.1, -0.05) is 31.9 Å². The molecule has 0 saturated heterocycles. The second kappa shape index (κ2) is 8.75. The van der Waals surface area contributed by atoms with Crippen molar-refractivity contribution in [3.05, 3.63) is 35.4 Å². The van der Waals surface area contributed by atoms with E-state index in [9.17, 15) is 4.79 Å². The Kier molecular flexibility index (Phi) is 7.31. The molecule has 20 heavy (non-hydrogen) atoms. The average molecular weight is 276 g/mol. The first-order valence-electron chi connectivity index (χ1n) is 7.70. The topological polar surface area (TPSA) is 46.3 Å². The highest BCUT2D eigenvalue weighted by Gasteiger charge is 2.18. The molecule has 0 unspecified atom stereocenters. The molecule has 0 aromatic heterocycles. The molecule has 0 bridgehead atoms. The van der Waals surface area contributed by atoms with E-state index < -0.39 is 0 Å². The summed E-state index contributed by atoms with van der Waals surface area (Å²) in [6, 6.07) is 8.09. The van der Waals surface area contributed by atoms with Crippen molar-refractivity contribution in [2.24, 2.45) is 5.73 Å². The maximum Gasteiger partial charge on any atom is 0.254 e. The third-order valence-electron chi connectivity index (χ3n) is 3.49. The molecule has 1 aromatic carbocycles. The second-order valence-corrected chi connectivity index (χ2v) is 5.54. The predicted octanol–water partition coefficient (Wildman–Crippen LogP) is 3.23. The zero-order chi connectivity index (χ0) is 15.0. The number of nitrogens with zero attached hydrogens (tertiary/aromatic N) is 1. The monoisotopic (exact) mass is 276 g/mol. The number of nitrogens with two attached hydrogens (primary N) is 1. The third-order valence-corrected chi connectivity index (χ3v) is 3.49. The van der Waals surface area contributed by atoms with E-state index in [1.54, 1.807) is 0 Å². The van der Waals surface area contributed by atoms with Crippen molar-refractivity contribution < 1.29 is 4.79 Å². The first-order chi connectivity index (χ1) is 9.60. The van der Waals surface area contributed by atoms with E-state index in [2.05, 4.69) is 20.8 Å². The lowest BCUT2D eigenvalue weighted by Crippen LogP contribution is -2.37. The highest BCUT2D eigenvalue weighted by molar-refractivity contribution is 5.94. The van der Waals surface area contributed by atoms with Gasteiger partial charge in [-0.3, -0.25) is 4.79 Å². The minimum absolute atomic E-state index is 0.134. The van der Waals surface area contributed by atoms with E-state index in [0.717, 1.165) is 30.5 Å². The Labute approximate surface area is 123 Å². The van der Waals surface area contributed by atoms with Gasteiger partial charge >= 0.3 is 0 Å². The van der Waals surface area contributed by atoms with Gasteiger partial charge in [-0.25, -0.2) is 0 Å². The van der Waals surface area contributed by atoms with Crippen molar-refractivity contribution >= 4 is 5.91 Å². The van der Waals surface area contributed by atoms with Crippen LogP contribution in [-0.4, -0.2) is 29.9 Å². The molecule has 3 nitrogen and oxygen atoms in total. The number of carbonyl (C=O) groups excluding carboxylic acids is 1. The minimum atomic E-state index is 0.134. The molecule has 1 aromatic rings. The van der Waals surface area contributed by atoms with Gasteiger partial charge in [0.25, 0.3) is 5.91 Å². The van der Waals surface area contributed by atoms with Crippen LogP contribution in [0, 0.1) is 0 Å². The summed E-state index contributed by atoms with van der Waals surface area (Å²) < 4.78 is 0. The molecule has 0 aliphatic rings. The Morgan fingerprint density at radius 2 is 2.05 bits per heavy atom. The molecule has 0 aliphatic heterocycles. The van der Waals surface area contributed by atoms with Crippen LogP contribution in [0.15, 0.2) is 24.3 Å². The summed E-state index contributed by atoms with van der Waals surface area (Å²) in [5.74, 6) is 0.134. The van der Waals surface area contributed by atoms with Gasteiger partial charge in [-0.05, 0) is 50.9 Å². The van der Waals surface area contributed by atoms with Crippen molar-refractivity contribution in [1.82, 2.24) is 4.90 Å². The van der Waals surface area contributed by atoms with Crippen LogP contribution >= 0.6 is 0 Å². The lowest BCUT2D eigenvalue weighted by molar-refractivity contribution is 0.0702. The number of carbonyl (C=O) groups is 1. The number of unbranched alkanes of at least 4 members (excludes halogenated alkanes) is 2. The van der Waals surface area contributed by atoms with Gasteiger partial charge < -0.3 is 10.6 Å². The maximum absolute atomic E-state index is 12.6. The first-order valence-corrected chi connectivity index (χ1v) is 7.70. The van der Waals surface area contributed by atoms with E-state index in [4.69, 9.17) is 5.73 Å². The summed E-state index contributed by atoms with van der Waals surface area (Å²) in [6.07, 6.45) is 4.23. The van der Waals surface area contributed by atoms with Gasteiger partial charge in [-0.15, -0.1) is 0 Å². The fourth-order valence-electron chi connectivity index (χ4n) is 2.32. The molecule has 0 fully saturated rings. The molecule has 0 heterocycles. The van der Waals surface area contributed by atoms with Gasteiger partial charge in [-0.2, -0.15) is 0 Å². The SMILES string of the molecule is CCCCCN(C(=O)c1cccc(CCN)c1)C(C)C. The Morgan fingerprint density at radius 1 is 1.30 bits per heavy atom. The molecular formula is C17H28N2O. The van der Waals surface area contributed by atoms with Crippen molar-refractivity contribution in [3.8, 4) is 0 Å². The highest BCUT2D eigenvalue weighted by Crippen LogP contribution is 2.12. The average Bonchev–Trinajstić information content (AvgIpc) is 2.43. The van der Waals surface area contributed by atoms with E-state index in [1.165, 1.54) is 12.8 Å². The Hall–Kier alpha value is -1.35. The van der Waals surface area contributed by atoms with Crippen LogP contribution < -0.4 is 5.73 Å². The molecule has 0 radical (unpaired) electrons. The number of hydrogen-bond acceptors (Lipinski definition) is 2. The normalized spacial score (nSPS) is 10.8. The third kappa shape index (κ3) is 4.97. The van der Waals surface area contributed by atoms with Crippen LogP contribution in [0.1, 0.15) is 56.0 Å². The summed E-state index contributed by atoms with van der Waals surface area (Å²) in [5.41, 5.74) is 7.49. The molecular weight excluding hydrogens is 248 g/mol. The van der Waals surface area contributed by atoms with Gasteiger partial charge in [0.2, 0.25) is 0 Å². The maximum atomic E-state index is 12.6. The fraction of sp³-hybridized carbons (Fsp3) is 0.588. The summed E-state index contributed by atoms with van der Waals surface area (Å²) >= 11 is 0.